The topological polar surface area (TPSA) is 26.3 Å². The third-order valence-electron chi connectivity index (χ3n) is 10.2. The molecule has 0 radical (unpaired) electrons. The molecule has 178 valence electrons. The van der Waals surface area contributed by atoms with Crippen molar-refractivity contribution in [3.05, 3.63) is 34.9 Å². The number of carbonyl (C=O) groups excluding carboxylic acids is 1. The van der Waals surface area contributed by atoms with Crippen molar-refractivity contribution in [3.63, 3.8) is 0 Å². The van der Waals surface area contributed by atoms with Crippen molar-refractivity contribution in [3.8, 4) is 0 Å². The Kier molecular flexibility index (Phi) is 6.56. The Morgan fingerprint density at radius 2 is 1.81 bits per heavy atom. The molecule has 0 saturated heterocycles. The van der Waals surface area contributed by atoms with Crippen LogP contribution < -0.4 is 0 Å². The molecule has 4 aliphatic rings. The van der Waals surface area contributed by atoms with Crippen molar-refractivity contribution in [2.75, 3.05) is 0 Å². The van der Waals surface area contributed by atoms with Gasteiger partial charge >= 0.3 is 5.97 Å². The van der Waals surface area contributed by atoms with Crippen LogP contribution in [0.25, 0.3) is 0 Å². The molecule has 7 atom stereocenters. The highest BCUT2D eigenvalue weighted by Gasteiger charge is 2.53. The van der Waals surface area contributed by atoms with E-state index < -0.39 is 0 Å². The zero-order valence-electron chi connectivity index (χ0n) is 21.7. The molecule has 0 aromatic heterocycles. The minimum atomic E-state index is -0.115. The third kappa shape index (κ3) is 4.05. The predicted molar refractivity (Wildman–Crippen MR) is 133 cm³/mol. The highest BCUT2D eigenvalue weighted by Crippen LogP contribution is 2.64. The highest BCUT2D eigenvalue weighted by molar-refractivity contribution is 5.66. The zero-order valence-corrected chi connectivity index (χ0v) is 21.7. The van der Waals surface area contributed by atoms with Crippen LogP contribution in [0.2, 0.25) is 0 Å². The first-order valence-electron chi connectivity index (χ1n) is 13.3. The number of hydrogen-bond donors (Lipinski definition) is 0. The minimum absolute atomic E-state index is 0.115. The Morgan fingerprint density at radius 3 is 2.50 bits per heavy atom. The summed E-state index contributed by atoms with van der Waals surface area (Å²) in [5.41, 5.74) is 5.86. The minimum Gasteiger partial charge on any atom is -0.463 e. The monoisotopic (exact) mass is 438 g/mol. The number of carbonyl (C=O) groups is 1. The van der Waals surface area contributed by atoms with Crippen LogP contribution in [0, 0.1) is 40.4 Å². The molecule has 1 saturated carbocycles. The van der Waals surface area contributed by atoms with Gasteiger partial charge in [0, 0.05) is 6.92 Å². The lowest BCUT2D eigenvalue weighted by atomic mass is 9.51. The summed E-state index contributed by atoms with van der Waals surface area (Å²) in [6.45, 7) is 16.1. The van der Waals surface area contributed by atoms with E-state index in [-0.39, 0.29) is 12.1 Å². The Balaban J connectivity index is 1.54. The van der Waals surface area contributed by atoms with E-state index >= 15 is 0 Å². The van der Waals surface area contributed by atoms with E-state index in [1.165, 1.54) is 38.5 Å². The summed E-state index contributed by atoms with van der Waals surface area (Å²) >= 11 is 0. The lowest BCUT2D eigenvalue weighted by Gasteiger charge is -2.54. The fourth-order valence-corrected chi connectivity index (χ4v) is 7.70. The Labute approximate surface area is 197 Å². The Bertz CT molecular complexity index is 830. The summed E-state index contributed by atoms with van der Waals surface area (Å²) in [7, 11) is 0. The van der Waals surface area contributed by atoms with Crippen LogP contribution in [0.5, 0.6) is 0 Å². The molecule has 0 unspecified atom stereocenters. The molecule has 0 aromatic carbocycles. The summed E-state index contributed by atoms with van der Waals surface area (Å²) < 4.78 is 5.63. The van der Waals surface area contributed by atoms with Gasteiger partial charge in [-0.15, -0.1) is 0 Å². The van der Waals surface area contributed by atoms with E-state index in [1.54, 1.807) is 23.6 Å². The second-order valence-electron chi connectivity index (χ2n) is 12.3. The lowest BCUT2D eigenvalue weighted by molar-refractivity contribution is -0.150. The van der Waals surface area contributed by atoms with Crippen LogP contribution in [0.4, 0.5) is 0 Å². The van der Waals surface area contributed by atoms with Crippen LogP contribution in [0.3, 0.4) is 0 Å². The molecule has 0 bridgehead atoms. The molecule has 1 fully saturated rings. The van der Waals surface area contributed by atoms with Crippen molar-refractivity contribution in [2.45, 2.75) is 106 Å². The van der Waals surface area contributed by atoms with E-state index in [1.807, 2.05) is 0 Å². The molecule has 0 aromatic rings. The van der Waals surface area contributed by atoms with Gasteiger partial charge < -0.3 is 4.74 Å². The highest BCUT2D eigenvalue weighted by atomic mass is 16.5. The number of allylic oxidation sites excluding steroid dienone is 6. The van der Waals surface area contributed by atoms with Crippen LogP contribution in [-0.2, 0) is 9.53 Å². The van der Waals surface area contributed by atoms with Gasteiger partial charge in [-0.05, 0) is 103 Å². The third-order valence-corrected chi connectivity index (χ3v) is 10.2. The zero-order chi connectivity index (χ0) is 23.3. The SMILES string of the molecule is CC(=O)O[C@@H]1CC[C@@]2(C)C3=C(CC[C@@H]2C1)C1=CC[C@@H]([C@H](C)/C=C/[C@H](C)C(C)C)[C@]1(C)CC3. The number of hydrogen-bond acceptors (Lipinski definition) is 2. The first kappa shape index (κ1) is 23.8. The molecule has 32 heavy (non-hydrogen) atoms. The van der Waals surface area contributed by atoms with E-state index in [9.17, 15) is 4.79 Å². The number of ether oxygens (including phenoxy) is 1. The summed E-state index contributed by atoms with van der Waals surface area (Å²) in [6.07, 6.45) is 17.3. The maximum atomic E-state index is 11.5. The maximum absolute atomic E-state index is 11.5. The second-order valence-corrected chi connectivity index (χ2v) is 12.3. The maximum Gasteiger partial charge on any atom is 0.302 e. The lowest BCUT2D eigenvalue weighted by Crippen LogP contribution is -2.44. The molecule has 2 heteroatoms. The summed E-state index contributed by atoms with van der Waals surface area (Å²) in [5.74, 6) is 3.27. The average Bonchev–Trinajstić information content (AvgIpc) is 3.08. The molecular formula is C30H46O2. The summed E-state index contributed by atoms with van der Waals surface area (Å²) in [4.78, 5) is 11.5. The molecule has 0 spiro atoms. The fraction of sp³-hybridized carbons (Fsp3) is 0.767. The molecule has 0 amide bonds. The van der Waals surface area contributed by atoms with E-state index in [0.717, 1.165) is 18.8 Å². The summed E-state index contributed by atoms with van der Waals surface area (Å²) in [6, 6.07) is 0. The first-order chi connectivity index (χ1) is 15.1. The second kappa shape index (κ2) is 8.80. The van der Waals surface area contributed by atoms with E-state index in [0.29, 0.717) is 34.5 Å². The molecular weight excluding hydrogens is 392 g/mol. The number of fused-ring (bicyclic) bond motifs is 4. The molecule has 4 rings (SSSR count). The average molecular weight is 439 g/mol. The van der Waals surface area contributed by atoms with Gasteiger partial charge in [0.25, 0.3) is 0 Å². The molecule has 0 N–H and O–H groups in total. The Morgan fingerprint density at radius 1 is 1.06 bits per heavy atom. The van der Waals surface area contributed by atoms with Crippen molar-refractivity contribution in [1.82, 2.24) is 0 Å². The van der Waals surface area contributed by atoms with Crippen molar-refractivity contribution in [1.29, 1.82) is 0 Å². The van der Waals surface area contributed by atoms with E-state index in [4.69, 9.17) is 4.74 Å². The summed E-state index contributed by atoms with van der Waals surface area (Å²) in [5, 5.41) is 0. The largest absolute Gasteiger partial charge is 0.463 e. The van der Waals surface area contributed by atoms with Crippen LogP contribution >= 0.6 is 0 Å². The van der Waals surface area contributed by atoms with Crippen LogP contribution in [0.1, 0.15) is 99.8 Å². The molecule has 0 aliphatic heterocycles. The van der Waals surface area contributed by atoms with E-state index in [2.05, 4.69) is 59.8 Å². The van der Waals surface area contributed by atoms with Crippen molar-refractivity contribution in [2.24, 2.45) is 40.4 Å². The molecule has 0 heterocycles. The number of rotatable bonds is 5. The molecule has 4 aliphatic carbocycles. The van der Waals surface area contributed by atoms with Gasteiger partial charge in [0.15, 0.2) is 0 Å². The first-order valence-corrected chi connectivity index (χ1v) is 13.3. The number of esters is 1. The smallest absolute Gasteiger partial charge is 0.302 e. The Hall–Kier alpha value is -1.31. The fourth-order valence-electron chi connectivity index (χ4n) is 7.70. The van der Waals surface area contributed by atoms with Gasteiger partial charge in [0.2, 0.25) is 0 Å². The van der Waals surface area contributed by atoms with Gasteiger partial charge in [0.1, 0.15) is 6.10 Å². The van der Waals surface area contributed by atoms with Gasteiger partial charge in [-0.1, -0.05) is 65.3 Å². The predicted octanol–water partition coefficient (Wildman–Crippen LogP) is 8.05. The normalized spacial score (nSPS) is 38.8. The van der Waals surface area contributed by atoms with Crippen LogP contribution in [-0.4, -0.2) is 12.1 Å². The van der Waals surface area contributed by atoms with Crippen LogP contribution in [0.15, 0.2) is 34.9 Å². The van der Waals surface area contributed by atoms with Crippen molar-refractivity contribution < 1.29 is 9.53 Å². The van der Waals surface area contributed by atoms with Crippen molar-refractivity contribution >= 4 is 5.97 Å². The van der Waals surface area contributed by atoms with Gasteiger partial charge in [-0.25, -0.2) is 0 Å². The quantitative estimate of drug-likeness (QED) is 0.320. The van der Waals surface area contributed by atoms with Gasteiger partial charge in [-0.2, -0.15) is 0 Å². The standard InChI is InChI=1S/C30H46O2/c1-19(2)20(3)8-9-21(4)26-12-13-27-25-11-10-23-18-24(32-22(5)31)14-16-29(23,6)28(25)15-17-30(26,27)7/h8-9,13,19-21,23-24,26H,10-12,14-18H2,1-7H3/b9-8+/t20-,21+,23+,24+,26-,29+,30-/m0/s1. The van der Waals surface area contributed by atoms with Gasteiger partial charge in [0.05, 0.1) is 0 Å². The van der Waals surface area contributed by atoms with Gasteiger partial charge in [-0.3, -0.25) is 4.79 Å². The molecule has 2 nitrogen and oxygen atoms in total.